The molecular formula is C13H22N4O4P6. The Bertz CT molecular complexity index is 781. The van der Waals surface area contributed by atoms with Crippen LogP contribution in [0.5, 0.6) is 0 Å². The van der Waals surface area contributed by atoms with Crippen molar-refractivity contribution in [1.29, 1.82) is 1.28 Å². The van der Waals surface area contributed by atoms with Gasteiger partial charge in [-0.2, -0.15) is 5.10 Å². The number of nitro groups is 1. The van der Waals surface area contributed by atoms with E-state index in [9.17, 15) is 19.7 Å². The van der Waals surface area contributed by atoms with Crippen molar-refractivity contribution in [3.63, 3.8) is 0 Å². The number of carbonyl (C=O) groups excluding carboxylic acids is 2. The molecule has 148 valence electrons. The third-order valence-corrected chi connectivity index (χ3v) is 17.1. The molecule has 0 aliphatic carbocycles. The third-order valence-electron chi connectivity index (χ3n) is 3.23. The highest BCUT2D eigenvalue weighted by atomic mass is 32.9. The molecule has 2 N–H and O–H groups in total. The third kappa shape index (κ3) is 8.79. The molecule has 14 heteroatoms. The maximum atomic E-state index is 11.2. The van der Waals surface area contributed by atoms with Crippen LogP contribution in [-0.4, -0.2) is 23.7 Å². The van der Waals surface area contributed by atoms with E-state index in [1.807, 2.05) is 6.92 Å². The topological polar surface area (TPSA) is 114 Å². The summed E-state index contributed by atoms with van der Waals surface area (Å²) >= 11 is 0. The smallest absolute Gasteiger partial charge is 0.293 e. The van der Waals surface area contributed by atoms with E-state index in [-0.39, 0.29) is 42.5 Å². The molecule has 1 aliphatic rings. The number of nitrogens with zero attached hydrogens (tertiary/aromatic N) is 2. The highest BCUT2D eigenvalue weighted by Crippen LogP contribution is 2.77. The summed E-state index contributed by atoms with van der Waals surface area (Å²) in [6, 6.07) is 4.43. The van der Waals surface area contributed by atoms with Crippen LogP contribution in [0.1, 0.15) is 25.8 Å². The Balaban J connectivity index is 0.000000480. The Labute approximate surface area is 170 Å². The molecule has 1 aromatic rings. The van der Waals surface area contributed by atoms with Crippen molar-refractivity contribution in [3.8, 4) is 0 Å². The van der Waals surface area contributed by atoms with Gasteiger partial charge in [0.1, 0.15) is 5.69 Å². The van der Waals surface area contributed by atoms with Crippen LogP contribution in [0.4, 0.5) is 11.4 Å². The Morgan fingerprint density at radius 2 is 2.22 bits per heavy atom. The molecule has 0 bridgehead atoms. The molecule has 6 atom stereocenters. The summed E-state index contributed by atoms with van der Waals surface area (Å²) in [7, 11) is 8.32. The van der Waals surface area contributed by atoms with E-state index in [1.165, 1.54) is 19.1 Å². The predicted molar refractivity (Wildman–Crippen MR) is 129 cm³/mol. The minimum absolute atomic E-state index is 0.105. The van der Waals surface area contributed by atoms with Gasteiger partial charge in [-0.15, -0.1) is 26.8 Å². The number of hydrogen-bond donors (Lipinski definition) is 2. The van der Waals surface area contributed by atoms with E-state index in [0.29, 0.717) is 11.3 Å². The van der Waals surface area contributed by atoms with Crippen LogP contribution in [0.2, 0.25) is 0 Å². The number of hydrazone groups is 1. The van der Waals surface area contributed by atoms with Crippen LogP contribution >= 0.6 is 49.6 Å². The van der Waals surface area contributed by atoms with Crippen LogP contribution in [-0.2, 0) is 9.59 Å². The molecular weight excluding hydrogens is 462 g/mol. The lowest BCUT2D eigenvalue weighted by Gasteiger charge is -2.19. The predicted octanol–water partition coefficient (Wildman–Crippen LogP) is 4.44. The molecule has 0 saturated heterocycles. The molecule has 1 aliphatic heterocycles. The molecule has 0 aromatic heterocycles. The van der Waals surface area contributed by atoms with Gasteiger partial charge in [-0.25, -0.2) is 5.43 Å². The number of nitrogens with one attached hydrogen (secondary N) is 2. The molecule has 0 saturated carbocycles. The lowest BCUT2D eigenvalue weighted by atomic mass is 9.93. The number of anilines is 1. The second-order valence-corrected chi connectivity index (χ2v) is 21.3. The Hall–Kier alpha value is -0.190. The van der Waals surface area contributed by atoms with Crippen molar-refractivity contribution < 1.29 is 14.5 Å². The fourth-order valence-corrected chi connectivity index (χ4v) is 18.3. The number of nitro benzene ring substituents is 1. The van der Waals surface area contributed by atoms with Crippen molar-refractivity contribution in [2.24, 2.45) is 11.0 Å². The zero-order valence-corrected chi connectivity index (χ0v) is 20.9. The lowest BCUT2D eigenvalue weighted by Crippen LogP contribution is -2.32. The van der Waals surface area contributed by atoms with Gasteiger partial charge in [-0.05, 0) is 13.1 Å². The fraction of sp³-hybridized carbons (Fsp3) is 0.308. The molecule has 2 amide bonds. The van der Waals surface area contributed by atoms with Crippen LogP contribution in [0.15, 0.2) is 23.3 Å². The zero-order valence-electron chi connectivity index (χ0n) is 15.7. The maximum Gasteiger partial charge on any atom is 0.293 e. The first-order chi connectivity index (χ1) is 13.1. The molecule has 27 heavy (non-hydrogen) atoms. The van der Waals surface area contributed by atoms with Gasteiger partial charge in [0.2, 0.25) is 11.8 Å². The van der Waals surface area contributed by atoms with Gasteiger partial charge in [-0.1, -0.05) is 28.9 Å². The molecule has 0 fully saturated rings. The standard InChI is InChI=1S/C13H14N4O4.H8P6/c1-7-5-12(19)15-16-13(7)9-3-4-10(14-8(2)18)11(6-9)17(20)21;1-4-5-6(2)3/h3-4,6-7H,5H2,1-2H3,(H,14,18)(H,15,19);4-5H,1-3H2/t7-;/m1./s1/i;5T. The molecule has 0 spiro atoms. The molecule has 2 rings (SSSR count). The first kappa shape index (κ1) is 23.1. The lowest BCUT2D eigenvalue weighted by molar-refractivity contribution is -0.383. The van der Waals surface area contributed by atoms with Crippen molar-refractivity contribution in [2.45, 2.75) is 20.3 Å². The van der Waals surface area contributed by atoms with E-state index in [1.54, 1.807) is 6.07 Å². The van der Waals surface area contributed by atoms with E-state index in [2.05, 4.69) is 42.6 Å². The van der Waals surface area contributed by atoms with Crippen LogP contribution < -0.4 is 10.7 Å². The minimum atomic E-state index is -0.568. The van der Waals surface area contributed by atoms with Gasteiger partial charge < -0.3 is 5.32 Å². The summed E-state index contributed by atoms with van der Waals surface area (Å²) in [5, 5.41) is 17.5. The van der Waals surface area contributed by atoms with Crippen LogP contribution in [0.25, 0.3) is 0 Å². The van der Waals surface area contributed by atoms with Crippen LogP contribution in [0, 0.1) is 16.0 Å². The Morgan fingerprint density at radius 1 is 1.56 bits per heavy atom. The number of rotatable bonds is 5. The van der Waals surface area contributed by atoms with Gasteiger partial charge in [-0.3, -0.25) is 19.7 Å². The van der Waals surface area contributed by atoms with Gasteiger partial charge >= 0.3 is 0 Å². The average Bonchev–Trinajstić information content (AvgIpc) is 2.61. The molecule has 1 aromatic carbocycles. The van der Waals surface area contributed by atoms with Gasteiger partial charge in [0.25, 0.3) is 5.69 Å². The first-order valence-corrected chi connectivity index (χ1v) is 17.4. The normalized spacial score (nSPS) is 18.1. The summed E-state index contributed by atoms with van der Waals surface area (Å²) in [5.74, 6) is -0.706. The van der Waals surface area contributed by atoms with E-state index < -0.39 is 12.8 Å². The number of carbonyl (C=O) groups is 2. The first-order valence-electron chi connectivity index (χ1n) is 7.99. The molecule has 5 unspecified atom stereocenters. The molecule has 0 radical (unpaired) electrons. The maximum absolute atomic E-state index is 11.2. The van der Waals surface area contributed by atoms with E-state index in [4.69, 9.17) is 1.28 Å². The van der Waals surface area contributed by atoms with Crippen molar-refractivity contribution in [1.82, 2.24) is 5.43 Å². The minimum Gasteiger partial charge on any atom is -0.321 e. The second kappa shape index (κ2) is 12.4. The number of benzene rings is 1. The van der Waals surface area contributed by atoms with E-state index in [0.717, 1.165) is 7.96 Å². The number of amides is 2. The SMILES string of the molecule is CC(=O)Nc1ccc(C2=NNC(=O)C[C@H]2C)cc1[N+](=O)[O-].[3H]P(PP)P(P)P. The monoisotopic (exact) mass is 486 g/mol. The summed E-state index contributed by atoms with van der Waals surface area (Å²) < 4.78 is 7.32. The van der Waals surface area contributed by atoms with Crippen molar-refractivity contribution in [3.05, 3.63) is 33.9 Å². The summed E-state index contributed by atoms with van der Waals surface area (Å²) in [5.41, 5.74) is 3.40. The Kier molecular flexibility index (Phi) is 10.6. The second-order valence-electron chi connectivity index (χ2n) is 5.42. The summed E-state index contributed by atoms with van der Waals surface area (Å²) in [6.45, 7) is 3.00. The fourth-order valence-electron chi connectivity index (χ4n) is 2.21. The zero-order chi connectivity index (χ0) is 21.4. The Morgan fingerprint density at radius 3 is 2.67 bits per heavy atom. The highest BCUT2D eigenvalue weighted by Gasteiger charge is 2.24. The van der Waals surface area contributed by atoms with Crippen LogP contribution in [0.3, 0.4) is 0 Å². The summed E-state index contributed by atoms with van der Waals surface area (Å²) in [6.07, 6.45) is 0.278. The number of hydrogen-bond acceptors (Lipinski definition) is 5. The van der Waals surface area contributed by atoms with Crippen molar-refractivity contribution >= 4 is 78.5 Å². The van der Waals surface area contributed by atoms with Gasteiger partial charge in [0, 0.05) is 30.9 Å². The van der Waals surface area contributed by atoms with Gasteiger partial charge in [0.15, 0.2) is 0 Å². The highest BCUT2D eigenvalue weighted by molar-refractivity contribution is 8.82. The average molecular weight is 486 g/mol. The quantitative estimate of drug-likeness (QED) is 0.364. The molecule has 1 heterocycles. The molecule has 8 nitrogen and oxygen atoms in total. The summed E-state index contributed by atoms with van der Waals surface area (Å²) in [4.78, 5) is 32.8. The van der Waals surface area contributed by atoms with Crippen molar-refractivity contribution in [2.75, 3.05) is 5.32 Å². The largest absolute Gasteiger partial charge is 0.321 e. The van der Waals surface area contributed by atoms with E-state index >= 15 is 0 Å². The van der Waals surface area contributed by atoms with Gasteiger partial charge in [0.05, 0.1) is 11.9 Å².